The summed E-state index contributed by atoms with van der Waals surface area (Å²) in [4.78, 5) is 14.1. The fourth-order valence-electron chi connectivity index (χ4n) is 2.22. The van der Waals surface area contributed by atoms with Crippen molar-refractivity contribution in [2.24, 2.45) is 18.7 Å². The second-order valence-electron chi connectivity index (χ2n) is 4.71. The zero-order chi connectivity index (χ0) is 12.6. The van der Waals surface area contributed by atoms with Gasteiger partial charge in [0, 0.05) is 37.4 Å². The molecule has 1 atom stereocenters. The summed E-state index contributed by atoms with van der Waals surface area (Å²) in [6.07, 6.45) is 4.27. The van der Waals surface area contributed by atoms with Gasteiger partial charge in [0.2, 0.25) is 0 Å². The number of likely N-dealkylation sites (N-methyl/N-ethyl adjacent to an activating group) is 1. The Morgan fingerprint density at radius 3 is 2.76 bits per heavy atom. The molecule has 0 aliphatic heterocycles. The summed E-state index contributed by atoms with van der Waals surface area (Å²) in [6.45, 7) is 0.540. The van der Waals surface area contributed by atoms with Crippen LogP contribution in [0.3, 0.4) is 0 Å². The summed E-state index contributed by atoms with van der Waals surface area (Å²) >= 11 is 3.38. The van der Waals surface area contributed by atoms with Crippen molar-refractivity contribution >= 4 is 21.8 Å². The minimum atomic E-state index is 0.0422. The van der Waals surface area contributed by atoms with E-state index in [1.807, 2.05) is 30.9 Å². The monoisotopic (exact) mass is 299 g/mol. The van der Waals surface area contributed by atoms with Crippen LogP contribution in [-0.4, -0.2) is 35.0 Å². The van der Waals surface area contributed by atoms with E-state index >= 15 is 0 Å². The third-order valence-corrected chi connectivity index (χ3v) is 3.85. The summed E-state index contributed by atoms with van der Waals surface area (Å²) in [6, 6.07) is 2.02. The van der Waals surface area contributed by atoms with Crippen molar-refractivity contribution in [3.05, 3.63) is 22.4 Å². The predicted octanol–water partition coefficient (Wildman–Crippen LogP) is 1.60. The van der Waals surface area contributed by atoms with Crippen LogP contribution in [0, 0.1) is 5.92 Å². The van der Waals surface area contributed by atoms with Crippen molar-refractivity contribution in [2.45, 2.75) is 18.9 Å². The van der Waals surface area contributed by atoms with E-state index in [1.165, 1.54) is 12.8 Å². The Bertz CT molecular complexity index is 425. The Labute approximate surface area is 110 Å². The molecule has 0 aromatic carbocycles. The number of carbonyl (C=O) groups is 1. The number of nitrogens with zero attached hydrogens (tertiary/aromatic N) is 2. The fraction of sp³-hybridized carbons (Fsp3) is 0.583. The van der Waals surface area contributed by atoms with Gasteiger partial charge in [0.1, 0.15) is 5.69 Å². The first kappa shape index (κ1) is 12.6. The molecule has 2 N–H and O–H groups in total. The second kappa shape index (κ2) is 4.82. The molecular weight excluding hydrogens is 282 g/mol. The first-order valence-electron chi connectivity index (χ1n) is 5.83. The van der Waals surface area contributed by atoms with E-state index in [9.17, 15) is 4.79 Å². The van der Waals surface area contributed by atoms with Gasteiger partial charge in [0.15, 0.2) is 0 Å². The molecule has 4 nitrogen and oxygen atoms in total. The number of hydrogen-bond acceptors (Lipinski definition) is 2. The smallest absolute Gasteiger partial charge is 0.270 e. The van der Waals surface area contributed by atoms with Crippen molar-refractivity contribution in [3.8, 4) is 0 Å². The molecule has 1 heterocycles. The van der Waals surface area contributed by atoms with E-state index in [2.05, 4.69) is 15.9 Å². The number of carbonyl (C=O) groups excluding carboxylic acids is 1. The molecule has 0 radical (unpaired) electrons. The molecule has 94 valence electrons. The summed E-state index contributed by atoms with van der Waals surface area (Å²) < 4.78 is 2.76. The molecule has 17 heavy (non-hydrogen) atoms. The zero-order valence-corrected chi connectivity index (χ0v) is 11.8. The molecule has 0 bridgehead atoms. The topological polar surface area (TPSA) is 51.3 Å². The highest BCUT2D eigenvalue weighted by molar-refractivity contribution is 9.10. The van der Waals surface area contributed by atoms with Crippen LogP contribution in [0.4, 0.5) is 0 Å². The maximum atomic E-state index is 12.3. The van der Waals surface area contributed by atoms with E-state index in [0.717, 1.165) is 4.47 Å². The Kier molecular flexibility index (Phi) is 3.58. The molecule has 1 aromatic rings. The highest BCUT2D eigenvalue weighted by Crippen LogP contribution is 2.35. The van der Waals surface area contributed by atoms with Gasteiger partial charge in [-0.15, -0.1) is 0 Å². The third kappa shape index (κ3) is 2.55. The van der Waals surface area contributed by atoms with Gasteiger partial charge < -0.3 is 15.2 Å². The van der Waals surface area contributed by atoms with Crippen molar-refractivity contribution < 1.29 is 4.79 Å². The molecule has 1 unspecified atom stereocenters. The quantitative estimate of drug-likeness (QED) is 0.918. The number of rotatable bonds is 4. The number of halogens is 1. The zero-order valence-electron chi connectivity index (χ0n) is 10.2. The molecule has 1 aliphatic carbocycles. The average Bonchev–Trinajstić information content (AvgIpc) is 3.04. The molecule has 1 aromatic heterocycles. The van der Waals surface area contributed by atoms with Gasteiger partial charge in [0.05, 0.1) is 0 Å². The van der Waals surface area contributed by atoms with Gasteiger partial charge in [-0.05, 0) is 40.8 Å². The average molecular weight is 300 g/mol. The van der Waals surface area contributed by atoms with Crippen LogP contribution in [-0.2, 0) is 7.05 Å². The highest BCUT2D eigenvalue weighted by Gasteiger charge is 2.35. The molecule has 1 aliphatic rings. The van der Waals surface area contributed by atoms with E-state index in [1.54, 1.807) is 4.90 Å². The van der Waals surface area contributed by atoms with E-state index < -0.39 is 0 Å². The van der Waals surface area contributed by atoms with E-state index in [0.29, 0.717) is 18.2 Å². The Morgan fingerprint density at radius 2 is 2.35 bits per heavy atom. The first-order chi connectivity index (χ1) is 8.04. The number of hydrogen-bond donors (Lipinski definition) is 1. The predicted molar refractivity (Wildman–Crippen MR) is 70.8 cm³/mol. The lowest BCUT2D eigenvalue weighted by Crippen LogP contribution is -2.43. The standard InChI is InChI=1S/C12H18BrN3O/c1-15-7-9(13)5-10(15)12(17)16(2)11(6-14)8-3-4-8/h5,7-8,11H,3-4,6,14H2,1-2H3. The molecular formula is C12H18BrN3O. The molecule has 5 heteroatoms. The van der Waals surface area contributed by atoms with Crippen molar-refractivity contribution in [2.75, 3.05) is 13.6 Å². The maximum Gasteiger partial charge on any atom is 0.270 e. The summed E-state index contributed by atoms with van der Waals surface area (Å²) in [5, 5.41) is 0. The number of aryl methyl sites for hydroxylation is 1. The Balaban J connectivity index is 2.15. The Hall–Kier alpha value is -0.810. The van der Waals surface area contributed by atoms with E-state index in [4.69, 9.17) is 5.73 Å². The van der Waals surface area contributed by atoms with Crippen LogP contribution in [0.25, 0.3) is 0 Å². The summed E-state index contributed by atoms with van der Waals surface area (Å²) in [7, 11) is 3.72. The van der Waals surface area contributed by atoms with Crippen LogP contribution < -0.4 is 5.73 Å². The molecule has 2 rings (SSSR count). The maximum absolute atomic E-state index is 12.3. The minimum absolute atomic E-state index is 0.0422. The molecule has 1 amide bonds. The lowest BCUT2D eigenvalue weighted by atomic mass is 10.1. The third-order valence-electron chi connectivity index (χ3n) is 3.42. The van der Waals surface area contributed by atoms with E-state index in [-0.39, 0.29) is 11.9 Å². The van der Waals surface area contributed by atoms with Crippen LogP contribution in [0.2, 0.25) is 0 Å². The largest absolute Gasteiger partial charge is 0.345 e. The van der Waals surface area contributed by atoms with Crippen LogP contribution in [0.15, 0.2) is 16.7 Å². The molecule has 1 saturated carbocycles. The summed E-state index contributed by atoms with van der Waals surface area (Å²) in [5.41, 5.74) is 6.46. The Morgan fingerprint density at radius 1 is 1.71 bits per heavy atom. The second-order valence-corrected chi connectivity index (χ2v) is 5.63. The van der Waals surface area contributed by atoms with Crippen LogP contribution in [0.1, 0.15) is 23.3 Å². The van der Waals surface area contributed by atoms with Gasteiger partial charge in [-0.3, -0.25) is 4.79 Å². The first-order valence-corrected chi connectivity index (χ1v) is 6.63. The molecule has 0 spiro atoms. The van der Waals surface area contributed by atoms with Crippen molar-refractivity contribution in [3.63, 3.8) is 0 Å². The van der Waals surface area contributed by atoms with Gasteiger partial charge >= 0.3 is 0 Å². The van der Waals surface area contributed by atoms with Gasteiger partial charge in [-0.2, -0.15) is 0 Å². The van der Waals surface area contributed by atoms with Crippen LogP contribution in [0.5, 0.6) is 0 Å². The lowest BCUT2D eigenvalue weighted by Gasteiger charge is -2.27. The summed E-state index contributed by atoms with van der Waals surface area (Å²) in [5.74, 6) is 0.637. The van der Waals surface area contributed by atoms with Gasteiger partial charge in [-0.1, -0.05) is 0 Å². The van der Waals surface area contributed by atoms with Crippen molar-refractivity contribution in [1.82, 2.24) is 9.47 Å². The van der Waals surface area contributed by atoms with Gasteiger partial charge in [0.25, 0.3) is 5.91 Å². The highest BCUT2D eigenvalue weighted by atomic mass is 79.9. The molecule has 1 fully saturated rings. The van der Waals surface area contributed by atoms with Crippen LogP contribution >= 0.6 is 15.9 Å². The fourth-order valence-corrected chi connectivity index (χ4v) is 2.74. The normalized spacial score (nSPS) is 16.9. The lowest BCUT2D eigenvalue weighted by molar-refractivity contribution is 0.0709. The van der Waals surface area contributed by atoms with Gasteiger partial charge in [-0.25, -0.2) is 0 Å². The van der Waals surface area contributed by atoms with Crippen molar-refractivity contribution in [1.29, 1.82) is 0 Å². The SMILES string of the molecule is CN(C(=O)c1cc(Br)cn1C)C(CN)C1CC1. The minimum Gasteiger partial charge on any atom is -0.345 e. The number of amides is 1. The molecule has 0 saturated heterocycles. The number of aromatic nitrogens is 1. The number of nitrogens with two attached hydrogens (primary N) is 1.